The number of carbonyl (C=O) groups excluding carboxylic acids is 2. The second-order valence-corrected chi connectivity index (χ2v) is 8.57. The van der Waals surface area contributed by atoms with Crippen LogP contribution >= 0.6 is 0 Å². The molecule has 2 aliphatic heterocycles. The van der Waals surface area contributed by atoms with E-state index < -0.39 is 0 Å². The molecule has 2 fully saturated rings. The van der Waals surface area contributed by atoms with Crippen LogP contribution in [0.2, 0.25) is 0 Å². The average Bonchev–Trinajstić information content (AvgIpc) is 2.65. The lowest BCUT2D eigenvalue weighted by Crippen LogP contribution is -2.57. The van der Waals surface area contributed by atoms with Crippen LogP contribution in [0.4, 0.5) is 5.69 Å². The second kappa shape index (κ2) is 9.41. The number of hydrogen-bond acceptors (Lipinski definition) is 4. The molecule has 3 rings (SSSR count). The van der Waals surface area contributed by atoms with Gasteiger partial charge in [-0.25, -0.2) is 0 Å². The Balaban J connectivity index is 1.49. The van der Waals surface area contributed by atoms with Gasteiger partial charge in [-0.1, -0.05) is 26.0 Å². The summed E-state index contributed by atoms with van der Waals surface area (Å²) >= 11 is 0. The van der Waals surface area contributed by atoms with Gasteiger partial charge in [0.15, 0.2) is 0 Å². The SMILES string of the molecule is Cc1cccc(N2CCC(NC(=O)C[C@@H]3C(=O)NCCN3CC(C)C)CC2)c1. The molecular formula is C22H34N4O2. The number of hydrogen-bond donors (Lipinski definition) is 2. The highest BCUT2D eigenvalue weighted by Crippen LogP contribution is 2.21. The molecule has 1 aromatic carbocycles. The highest BCUT2D eigenvalue weighted by atomic mass is 16.2. The van der Waals surface area contributed by atoms with Gasteiger partial charge in [0, 0.05) is 44.5 Å². The number of nitrogens with one attached hydrogen (secondary N) is 2. The van der Waals surface area contributed by atoms with E-state index in [1.807, 2.05) is 0 Å². The fraction of sp³-hybridized carbons (Fsp3) is 0.636. The maximum atomic E-state index is 12.6. The highest BCUT2D eigenvalue weighted by molar-refractivity contribution is 5.88. The first-order chi connectivity index (χ1) is 13.4. The van der Waals surface area contributed by atoms with E-state index in [9.17, 15) is 9.59 Å². The van der Waals surface area contributed by atoms with Gasteiger partial charge in [-0.15, -0.1) is 0 Å². The molecule has 0 radical (unpaired) electrons. The molecule has 1 aromatic rings. The molecule has 28 heavy (non-hydrogen) atoms. The van der Waals surface area contributed by atoms with Gasteiger partial charge in [0.05, 0.1) is 12.5 Å². The van der Waals surface area contributed by atoms with Gasteiger partial charge < -0.3 is 15.5 Å². The average molecular weight is 387 g/mol. The summed E-state index contributed by atoms with van der Waals surface area (Å²) in [5, 5.41) is 6.08. The number of rotatable bonds is 6. The first-order valence-electron chi connectivity index (χ1n) is 10.5. The topological polar surface area (TPSA) is 64.7 Å². The Bertz CT molecular complexity index is 683. The van der Waals surface area contributed by atoms with Crippen LogP contribution in [-0.2, 0) is 9.59 Å². The number of aryl methyl sites for hydroxylation is 1. The Morgan fingerprint density at radius 1 is 1.25 bits per heavy atom. The summed E-state index contributed by atoms with van der Waals surface area (Å²) in [6.07, 6.45) is 2.12. The van der Waals surface area contributed by atoms with E-state index in [2.05, 4.69) is 65.5 Å². The van der Waals surface area contributed by atoms with Crippen molar-refractivity contribution in [3.8, 4) is 0 Å². The minimum Gasteiger partial charge on any atom is -0.371 e. The molecule has 2 aliphatic rings. The molecule has 0 spiro atoms. The van der Waals surface area contributed by atoms with Crippen LogP contribution in [0.5, 0.6) is 0 Å². The van der Waals surface area contributed by atoms with Crippen LogP contribution in [0, 0.1) is 12.8 Å². The zero-order valence-electron chi connectivity index (χ0n) is 17.4. The largest absolute Gasteiger partial charge is 0.371 e. The molecule has 0 bridgehead atoms. The lowest BCUT2D eigenvalue weighted by atomic mass is 10.0. The van der Waals surface area contributed by atoms with Crippen molar-refractivity contribution in [3.05, 3.63) is 29.8 Å². The predicted molar refractivity (Wildman–Crippen MR) is 112 cm³/mol. The second-order valence-electron chi connectivity index (χ2n) is 8.57. The summed E-state index contributed by atoms with van der Waals surface area (Å²) in [6.45, 7) is 10.6. The third-order valence-electron chi connectivity index (χ3n) is 5.65. The normalized spacial score (nSPS) is 21.6. The van der Waals surface area contributed by atoms with Crippen molar-refractivity contribution in [1.29, 1.82) is 0 Å². The maximum Gasteiger partial charge on any atom is 0.237 e. The van der Waals surface area contributed by atoms with Crippen molar-refractivity contribution in [2.24, 2.45) is 5.92 Å². The third kappa shape index (κ3) is 5.47. The Morgan fingerprint density at radius 2 is 2.00 bits per heavy atom. The van der Waals surface area contributed by atoms with Gasteiger partial charge in [0.25, 0.3) is 0 Å². The summed E-state index contributed by atoms with van der Waals surface area (Å²) < 4.78 is 0. The molecule has 6 heteroatoms. The van der Waals surface area contributed by atoms with Crippen molar-refractivity contribution < 1.29 is 9.59 Å². The summed E-state index contributed by atoms with van der Waals surface area (Å²) in [6, 6.07) is 8.42. The smallest absolute Gasteiger partial charge is 0.237 e. The molecule has 0 aliphatic carbocycles. The van der Waals surface area contributed by atoms with E-state index in [-0.39, 0.29) is 30.3 Å². The van der Waals surface area contributed by atoms with E-state index in [1.165, 1.54) is 11.3 Å². The summed E-state index contributed by atoms with van der Waals surface area (Å²) in [5.74, 6) is 0.448. The Kier molecular flexibility index (Phi) is 6.94. The standard InChI is InChI=1S/C22H34N4O2/c1-16(2)15-26-12-9-23-22(28)20(26)14-21(27)24-18-7-10-25(11-8-18)19-6-4-5-17(3)13-19/h4-6,13,16,18,20H,7-12,14-15H2,1-3H3,(H,23,28)(H,24,27)/t20-/m1/s1. The van der Waals surface area contributed by atoms with Crippen LogP contribution in [0.1, 0.15) is 38.7 Å². The van der Waals surface area contributed by atoms with Gasteiger partial charge in [-0.2, -0.15) is 0 Å². The summed E-state index contributed by atoms with van der Waals surface area (Å²) in [4.78, 5) is 29.5. The third-order valence-corrected chi connectivity index (χ3v) is 5.65. The van der Waals surface area contributed by atoms with Crippen molar-refractivity contribution in [2.45, 2.75) is 52.1 Å². The predicted octanol–water partition coefficient (Wildman–Crippen LogP) is 1.93. The van der Waals surface area contributed by atoms with E-state index in [0.29, 0.717) is 12.5 Å². The lowest BCUT2D eigenvalue weighted by Gasteiger charge is -2.37. The maximum absolute atomic E-state index is 12.6. The van der Waals surface area contributed by atoms with Gasteiger partial charge >= 0.3 is 0 Å². The quantitative estimate of drug-likeness (QED) is 0.784. The number of nitrogens with zero attached hydrogens (tertiary/aromatic N) is 2. The van der Waals surface area contributed by atoms with E-state index >= 15 is 0 Å². The first-order valence-corrected chi connectivity index (χ1v) is 10.5. The molecule has 2 saturated heterocycles. The van der Waals surface area contributed by atoms with Gasteiger partial charge in [-0.3, -0.25) is 14.5 Å². The van der Waals surface area contributed by atoms with Crippen molar-refractivity contribution >= 4 is 17.5 Å². The van der Waals surface area contributed by atoms with Crippen LogP contribution in [-0.4, -0.2) is 61.5 Å². The molecule has 0 saturated carbocycles. The zero-order chi connectivity index (χ0) is 20.1. The zero-order valence-corrected chi connectivity index (χ0v) is 17.4. The van der Waals surface area contributed by atoms with E-state index in [1.54, 1.807) is 0 Å². The molecule has 6 nitrogen and oxygen atoms in total. The first kappa shape index (κ1) is 20.6. The molecule has 154 valence electrons. The summed E-state index contributed by atoms with van der Waals surface area (Å²) in [5.41, 5.74) is 2.53. The molecule has 2 N–H and O–H groups in total. The van der Waals surface area contributed by atoms with Crippen molar-refractivity contribution in [1.82, 2.24) is 15.5 Å². The Labute approximate surface area is 168 Å². The number of amides is 2. The number of piperazine rings is 1. The number of benzene rings is 1. The molecular weight excluding hydrogens is 352 g/mol. The monoisotopic (exact) mass is 386 g/mol. The van der Waals surface area contributed by atoms with Crippen LogP contribution in [0.3, 0.4) is 0 Å². The van der Waals surface area contributed by atoms with Gasteiger partial charge in [-0.05, 0) is 43.4 Å². The molecule has 0 unspecified atom stereocenters. The Morgan fingerprint density at radius 3 is 2.68 bits per heavy atom. The van der Waals surface area contributed by atoms with Gasteiger partial charge in [0.1, 0.15) is 0 Å². The van der Waals surface area contributed by atoms with Crippen molar-refractivity contribution in [3.63, 3.8) is 0 Å². The lowest BCUT2D eigenvalue weighted by molar-refractivity contribution is -0.134. The number of piperidine rings is 1. The molecule has 2 amide bonds. The molecule has 0 aromatic heterocycles. The number of anilines is 1. The molecule has 1 atom stereocenters. The fourth-order valence-electron chi connectivity index (χ4n) is 4.24. The van der Waals surface area contributed by atoms with Crippen molar-refractivity contribution in [2.75, 3.05) is 37.6 Å². The van der Waals surface area contributed by atoms with Gasteiger partial charge in [0.2, 0.25) is 11.8 Å². The summed E-state index contributed by atoms with van der Waals surface area (Å²) in [7, 11) is 0. The Hall–Kier alpha value is -2.08. The van der Waals surface area contributed by atoms with Crippen LogP contribution in [0.25, 0.3) is 0 Å². The van der Waals surface area contributed by atoms with Crippen LogP contribution < -0.4 is 15.5 Å². The van der Waals surface area contributed by atoms with E-state index in [4.69, 9.17) is 0 Å². The highest BCUT2D eigenvalue weighted by Gasteiger charge is 2.32. The van der Waals surface area contributed by atoms with Crippen LogP contribution in [0.15, 0.2) is 24.3 Å². The number of carbonyl (C=O) groups is 2. The fourth-order valence-corrected chi connectivity index (χ4v) is 4.24. The minimum atomic E-state index is -0.344. The molecule has 2 heterocycles. The minimum absolute atomic E-state index is 0.00943. The van der Waals surface area contributed by atoms with E-state index in [0.717, 1.165) is 39.0 Å².